The van der Waals surface area contributed by atoms with Crippen LogP contribution in [0.2, 0.25) is 0 Å². The SMILES string of the molecule is CN1C(=O)[C@]2(C(C#N)=C(N)N(c3ccccc3)C3=C2C(=O)OC3)c2ccccc21. The lowest BCUT2D eigenvalue weighted by atomic mass is 9.67. The minimum atomic E-state index is -1.60. The number of carbonyl (C=O) groups excluding carboxylic acids is 2. The predicted molar refractivity (Wildman–Crippen MR) is 105 cm³/mol. The third-order valence-electron chi connectivity index (χ3n) is 5.77. The molecule has 5 rings (SSSR count). The Labute approximate surface area is 166 Å². The number of anilines is 2. The van der Waals surface area contributed by atoms with Gasteiger partial charge in [0.25, 0.3) is 0 Å². The maximum absolute atomic E-state index is 13.6. The van der Waals surface area contributed by atoms with E-state index < -0.39 is 17.3 Å². The monoisotopic (exact) mass is 384 g/mol. The standard InChI is InChI=1S/C22H16N4O3/c1-25-16-10-6-5-9-14(16)22(21(25)28)15(11-23)19(24)26(13-7-3-2-4-8-13)17-12-29-20(27)18(17)22/h2-10H,12,24H2,1H3/t22-/m0/s1. The van der Waals surface area contributed by atoms with Crippen molar-refractivity contribution in [2.45, 2.75) is 5.41 Å². The summed E-state index contributed by atoms with van der Waals surface area (Å²) in [5.41, 5.74) is 7.45. The van der Waals surface area contributed by atoms with Gasteiger partial charge in [-0.05, 0) is 18.2 Å². The largest absolute Gasteiger partial charge is 0.456 e. The molecule has 7 nitrogen and oxygen atoms in total. The highest BCUT2D eigenvalue weighted by atomic mass is 16.5. The van der Waals surface area contributed by atoms with Gasteiger partial charge < -0.3 is 15.4 Å². The van der Waals surface area contributed by atoms with Crippen molar-refractivity contribution < 1.29 is 14.3 Å². The first kappa shape index (κ1) is 17.1. The smallest absolute Gasteiger partial charge is 0.338 e. The minimum Gasteiger partial charge on any atom is -0.456 e. The van der Waals surface area contributed by atoms with E-state index in [0.29, 0.717) is 22.6 Å². The van der Waals surface area contributed by atoms with E-state index >= 15 is 0 Å². The maximum atomic E-state index is 13.6. The summed E-state index contributed by atoms with van der Waals surface area (Å²) < 4.78 is 5.36. The van der Waals surface area contributed by atoms with Gasteiger partial charge in [-0.3, -0.25) is 9.69 Å². The number of rotatable bonds is 1. The second kappa shape index (κ2) is 5.72. The van der Waals surface area contributed by atoms with Gasteiger partial charge in [0, 0.05) is 24.0 Å². The second-order valence-electron chi connectivity index (χ2n) is 7.07. The van der Waals surface area contributed by atoms with E-state index in [1.54, 1.807) is 30.1 Å². The van der Waals surface area contributed by atoms with Crippen molar-refractivity contribution in [3.05, 3.63) is 82.8 Å². The molecule has 0 saturated carbocycles. The zero-order valence-electron chi connectivity index (χ0n) is 15.5. The molecule has 3 heterocycles. The van der Waals surface area contributed by atoms with E-state index in [9.17, 15) is 14.9 Å². The number of esters is 1. The summed E-state index contributed by atoms with van der Waals surface area (Å²) in [6.45, 7) is -0.0244. The molecule has 0 aromatic heterocycles. The summed E-state index contributed by atoms with van der Waals surface area (Å²) >= 11 is 0. The van der Waals surface area contributed by atoms with E-state index in [1.807, 2.05) is 36.4 Å². The van der Waals surface area contributed by atoms with Crippen LogP contribution >= 0.6 is 0 Å². The van der Waals surface area contributed by atoms with Gasteiger partial charge in [-0.25, -0.2) is 4.79 Å². The summed E-state index contributed by atoms with van der Waals surface area (Å²) in [4.78, 5) is 29.6. The molecule has 2 N–H and O–H groups in total. The molecule has 7 heteroatoms. The van der Waals surface area contributed by atoms with Crippen molar-refractivity contribution in [2.24, 2.45) is 5.73 Å². The summed E-state index contributed by atoms with van der Waals surface area (Å²) in [5.74, 6) is -0.883. The highest BCUT2D eigenvalue weighted by Gasteiger charge is 2.63. The lowest BCUT2D eigenvalue weighted by molar-refractivity contribution is -0.137. The minimum absolute atomic E-state index is 0.0244. The Morgan fingerprint density at radius 1 is 1.10 bits per heavy atom. The van der Waals surface area contributed by atoms with Gasteiger partial charge in [-0.2, -0.15) is 5.26 Å². The van der Waals surface area contributed by atoms with Crippen molar-refractivity contribution in [3.8, 4) is 6.07 Å². The van der Waals surface area contributed by atoms with Gasteiger partial charge in [0.1, 0.15) is 23.9 Å². The number of nitriles is 1. The van der Waals surface area contributed by atoms with Crippen LogP contribution in [-0.4, -0.2) is 25.5 Å². The summed E-state index contributed by atoms with van der Waals surface area (Å²) in [6.07, 6.45) is 0. The average molecular weight is 384 g/mol. The first-order chi connectivity index (χ1) is 14.0. The number of hydrogen-bond acceptors (Lipinski definition) is 6. The number of benzene rings is 2. The molecule has 1 atom stereocenters. The molecule has 142 valence electrons. The first-order valence-electron chi connectivity index (χ1n) is 9.07. The fourth-order valence-corrected chi connectivity index (χ4v) is 4.57. The quantitative estimate of drug-likeness (QED) is 0.754. The third-order valence-corrected chi connectivity index (χ3v) is 5.77. The Balaban J connectivity index is 1.90. The first-order valence-corrected chi connectivity index (χ1v) is 9.07. The van der Waals surface area contributed by atoms with Gasteiger partial charge in [-0.1, -0.05) is 36.4 Å². The molecule has 2 aromatic rings. The van der Waals surface area contributed by atoms with Crippen LogP contribution in [0.25, 0.3) is 0 Å². The van der Waals surface area contributed by atoms with Gasteiger partial charge in [-0.15, -0.1) is 0 Å². The molecule has 1 spiro atoms. The fraction of sp³-hybridized carbons (Fsp3) is 0.136. The molecule has 0 fully saturated rings. The van der Waals surface area contributed by atoms with Crippen molar-refractivity contribution in [3.63, 3.8) is 0 Å². The number of para-hydroxylation sites is 2. The molecule has 0 bridgehead atoms. The molecular weight excluding hydrogens is 368 g/mol. The zero-order chi connectivity index (χ0) is 20.3. The highest BCUT2D eigenvalue weighted by molar-refractivity contribution is 6.19. The van der Waals surface area contributed by atoms with E-state index in [2.05, 4.69) is 6.07 Å². The van der Waals surface area contributed by atoms with Crippen LogP contribution in [0, 0.1) is 11.3 Å². The molecule has 3 aliphatic heterocycles. The van der Waals surface area contributed by atoms with Crippen LogP contribution < -0.4 is 15.5 Å². The van der Waals surface area contributed by atoms with E-state index in [1.165, 1.54) is 4.90 Å². The predicted octanol–water partition coefficient (Wildman–Crippen LogP) is 1.93. The molecule has 0 unspecified atom stereocenters. The van der Waals surface area contributed by atoms with E-state index in [0.717, 1.165) is 0 Å². The molecule has 2 aromatic carbocycles. The molecule has 0 radical (unpaired) electrons. The number of carbonyl (C=O) groups is 2. The molecule has 1 amide bonds. The average Bonchev–Trinajstić information content (AvgIpc) is 3.22. The Bertz CT molecular complexity index is 1190. The normalized spacial score (nSPS) is 22.8. The molecular formula is C22H16N4O3. The number of hydrogen-bond donors (Lipinski definition) is 1. The Hall–Kier alpha value is -4.05. The van der Waals surface area contributed by atoms with Gasteiger partial charge in [0.15, 0.2) is 0 Å². The Morgan fingerprint density at radius 3 is 2.52 bits per heavy atom. The van der Waals surface area contributed by atoms with E-state index in [4.69, 9.17) is 10.5 Å². The number of cyclic esters (lactones) is 1. The Kier molecular flexibility index (Phi) is 3.37. The van der Waals surface area contributed by atoms with Crippen LogP contribution in [0.3, 0.4) is 0 Å². The van der Waals surface area contributed by atoms with Crippen LogP contribution in [0.15, 0.2) is 77.3 Å². The highest BCUT2D eigenvalue weighted by Crippen LogP contribution is 2.55. The summed E-state index contributed by atoms with van der Waals surface area (Å²) in [7, 11) is 1.63. The van der Waals surface area contributed by atoms with Crippen LogP contribution in [0.1, 0.15) is 5.56 Å². The number of nitrogens with two attached hydrogens (primary N) is 1. The Morgan fingerprint density at radius 2 is 1.79 bits per heavy atom. The van der Waals surface area contributed by atoms with Crippen molar-refractivity contribution in [1.29, 1.82) is 5.26 Å². The molecule has 29 heavy (non-hydrogen) atoms. The van der Waals surface area contributed by atoms with Crippen LogP contribution in [0.5, 0.6) is 0 Å². The molecule has 0 saturated heterocycles. The van der Waals surface area contributed by atoms with Crippen molar-refractivity contribution in [1.82, 2.24) is 0 Å². The topological polar surface area (TPSA) is 99.7 Å². The molecule has 0 aliphatic carbocycles. The van der Waals surface area contributed by atoms with Crippen molar-refractivity contribution >= 4 is 23.3 Å². The lowest BCUT2D eigenvalue weighted by Gasteiger charge is -2.38. The van der Waals surface area contributed by atoms with Crippen LogP contribution in [-0.2, 0) is 19.7 Å². The number of nitrogens with zero attached hydrogens (tertiary/aromatic N) is 3. The zero-order valence-corrected chi connectivity index (χ0v) is 15.5. The van der Waals surface area contributed by atoms with E-state index in [-0.39, 0.29) is 23.6 Å². The fourth-order valence-electron chi connectivity index (χ4n) is 4.57. The summed E-state index contributed by atoms with van der Waals surface area (Å²) in [5, 5.41) is 10.1. The number of fused-ring (bicyclic) bond motifs is 3. The van der Waals surface area contributed by atoms with Gasteiger partial charge in [0.05, 0.1) is 16.8 Å². The van der Waals surface area contributed by atoms with Crippen molar-refractivity contribution in [2.75, 3.05) is 23.5 Å². The summed E-state index contributed by atoms with van der Waals surface area (Å²) in [6, 6.07) is 18.4. The molecule has 3 aliphatic rings. The van der Waals surface area contributed by atoms with Gasteiger partial charge in [0.2, 0.25) is 5.91 Å². The second-order valence-corrected chi connectivity index (χ2v) is 7.07. The number of amides is 1. The maximum Gasteiger partial charge on any atom is 0.338 e. The van der Waals surface area contributed by atoms with Gasteiger partial charge >= 0.3 is 5.97 Å². The third kappa shape index (κ3) is 1.90. The van der Waals surface area contributed by atoms with Crippen LogP contribution in [0.4, 0.5) is 11.4 Å². The number of ether oxygens (including phenoxy) is 1. The lowest BCUT2D eigenvalue weighted by Crippen LogP contribution is -2.50. The number of likely N-dealkylation sites (N-methyl/N-ethyl adjacent to an activating group) is 1.